The molecule has 0 amide bonds. The molecule has 2 heterocycles. The number of aromatic nitrogens is 2. The predicted octanol–water partition coefficient (Wildman–Crippen LogP) is 3.87. The molecule has 4 rings (SSSR count). The number of rotatable bonds is 2. The lowest BCUT2D eigenvalue weighted by atomic mass is 9.87. The van der Waals surface area contributed by atoms with Gasteiger partial charge in [0.05, 0.1) is 17.4 Å². The fourth-order valence-electron chi connectivity index (χ4n) is 3.53. The van der Waals surface area contributed by atoms with E-state index in [-0.39, 0.29) is 11.0 Å². The van der Waals surface area contributed by atoms with E-state index >= 15 is 0 Å². The largest absolute Gasteiger partial charge is 0.363 e. The van der Waals surface area contributed by atoms with Crippen LogP contribution in [0.2, 0.25) is 5.02 Å². The second kappa shape index (κ2) is 5.35. The molecule has 0 spiro atoms. The van der Waals surface area contributed by atoms with Crippen molar-refractivity contribution in [3.05, 3.63) is 69.2 Å². The Morgan fingerprint density at radius 2 is 2.04 bits per heavy atom. The number of fused-ring (bicyclic) bond motifs is 2. The van der Waals surface area contributed by atoms with Gasteiger partial charge in [0.25, 0.3) is 5.56 Å². The molecule has 1 aliphatic rings. The molecule has 4 nitrogen and oxygen atoms in total. The van der Waals surface area contributed by atoms with Crippen molar-refractivity contribution in [2.75, 3.05) is 11.4 Å². The molecular weight excluding hydrogens is 322 g/mol. The van der Waals surface area contributed by atoms with Gasteiger partial charge in [-0.25, -0.2) is 4.98 Å². The number of halogens is 1. The van der Waals surface area contributed by atoms with E-state index in [0.717, 1.165) is 6.54 Å². The summed E-state index contributed by atoms with van der Waals surface area (Å²) in [4.78, 5) is 22.1. The number of nitrogens with one attached hydrogen (secondary N) is 1. The van der Waals surface area contributed by atoms with Crippen molar-refractivity contribution in [1.82, 2.24) is 9.97 Å². The highest BCUT2D eigenvalue weighted by Gasteiger charge is 2.34. The van der Waals surface area contributed by atoms with Crippen molar-refractivity contribution in [2.24, 2.45) is 0 Å². The van der Waals surface area contributed by atoms with Crippen LogP contribution in [0.25, 0.3) is 10.9 Å². The first kappa shape index (κ1) is 15.2. The highest BCUT2D eigenvalue weighted by atomic mass is 35.5. The summed E-state index contributed by atoms with van der Waals surface area (Å²) in [5.41, 5.74) is 3.15. The zero-order valence-electron chi connectivity index (χ0n) is 13.6. The number of para-hydroxylation sites is 1. The molecule has 0 radical (unpaired) electrons. The second-order valence-electron chi connectivity index (χ2n) is 6.93. The minimum absolute atomic E-state index is 0.0846. The average Bonchev–Trinajstić information content (AvgIpc) is 2.80. The average molecular weight is 340 g/mol. The molecule has 122 valence electrons. The van der Waals surface area contributed by atoms with E-state index in [9.17, 15) is 4.79 Å². The van der Waals surface area contributed by atoms with E-state index < -0.39 is 0 Å². The van der Waals surface area contributed by atoms with Gasteiger partial charge in [0.15, 0.2) is 0 Å². The fourth-order valence-corrected chi connectivity index (χ4v) is 3.70. The molecule has 5 heteroatoms. The maximum Gasteiger partial charge on any atom is 0.258 e. The molecule has 0 saturated heterocycles. The van der Waals surface area contributed by atoms with Gasteiger partial charge >= 0.3 is 0 Å². The van der Waals surface area contributed by atoms with Crippen molar-refractivity contribution in [1.29, 1.82) is 0 Å². The van der Waals surface area contributed by atoms with Gasteiger partial charge in [0.2, 0.25) is 0 Å². The molecule has 1 N–H and O–H groups in total. The van der Waals surface area contributed by atoms with Crippen LogP contribution < -0.4 is 10.5 Å². The van der Waals surface area contributed by atoms with Gasteiger partial charge in [-0.1, -0.05) is 43.6 Å². The predicted molar refractivity (Wildman–Crippen MR) is 97.9 cm³/mol. The van der Waals surface area contributed by atoms with Crippen LogP contribution in [0.5, 0.6) is 0 Å². The minimum Gasteiger partial charge on any atom is -0.363 e. The Morgan fingerprint density at radius 1 is 1.25 bits per heavy atom. The first-order valence-corrected chi connectivity index (χ1v) is 8.35. The van der Waals surface area contributed by atoms with Gasteiger partial charge in [0.1, 0.15) is 5.82 Å². The number of benzene rings is 2. The van der Waals surface area contributed by atoms with Crippen LogP contribution in [0.4, 0.5) is 5.69 Å². The zero-order valence-corrected chi connectivity index (χ0v) is 14.4. The van der Waals surface area contributed by atoms with Crippen LogP contribution in [-0.4, -0.2) is 16.5 Å². The number of H-pyrrole nitrogens is 1. The summed E-state index contributed by atoms with van der Waals surface area (Å²) >= 11 is 5.97. The lowest BCUT2D eigenvalue weighted by molar-refractivity contribution is 0.547. The molecule has 2 aromatic carbocycles. The minimum atomic E-state index is -0.149. The molecule has 0 fully saturated rings. The van der Waals surface area contributed by atoms with E-state index in [1.807, 2.05) is 6.07 Å². The Balaban J connectivity index is 1.73. The topological polar surface area (TPSA) is 49.0 Å². The summed E-state index contributed by atoms with van der Waals surface area (Å²) in [6.45, 7) is 5.96. The standard InChI is InChI=1S/C19H18ClN3O/c1-19(2)11-23(16-6-4-3-5-14(16)19)10-17-21-15-8-7-12(20)9-13(15)18(24)22-17/h3-9H,10-11H2,1-2H3,(H,21,22,24). The molecule has 0 atom stereocenters. The quantitative estimate of drug-likeness (QED) is 0.771. The van der Waals surface area contributed by atoms with E-state index in [0.29, 0.717) is 28.3 Å². The molecular formula is C19H18ClN3O. The maximum atomic E-state index is 12.3. The number of anilines is 1. The van der Waals surface area contributed by atoms with Gasteiger partial charge in [-0.3, -0.25) is 4.79 Å². The molecule has 0 unspecified atom stereocenters. The number of aromatic amines is 1. The lowest BCUT2D eigenvalue weighted by Crippen LogP contribution is -2.29. The Bertz CT molecular complexity index is 993. The van der Waals surface area contributed by atoms with Crippen LogP contribution in [0, 0.1) is 0 Å². The van der Waals surface area contributed by atoms with E-state index in [1.54, 1.807) is 18.2 Å². The van der Waals surface area contributed by atoms with Crippen LogP contribution in [0.1, 0.15) is 25.2 Å². The van der Waals surface area contributed by atoms with E-state index in [1.165, 1.54) is 11.3 Å². The van der Waals surface area contributed by atoms with Crippen LogP contribution >= 0.6 is 11.6 Å². The first-order valence-electron chi connectivity index (χ1n) is 7.97. The highest BCUT2D eigenvalue weighted by molar-refractivity contribution is 6.31. The molecule has 1 aliphatic heterocycles. The Labute approximate surface area is 145 Å². The molecule has 0 aliphatic carbocycles. The molecule has 3 aromatic rings. The van der Waals surface area contributed by atoms with Gasteiger partial charge in [0, 0.05) is 22.7 Å². The summed E-state index contributed by atoms with van der Waals surface area (Å²) in [6, 6.07) is 13.6. The van der Waals surface area contributed by atoms with Crippen molar-refractivity contribution in [3.8, 4) is 0 Å². The van der Waals surface area contributed by atoms with Crippen LogP contribution in [0.15, 0.2) is 47.3 Å². The van der Waals surface area contributed by atoms with Gasteiger partial charge in [-0.2, -0.15) is 0 Å². The summed E-state index contributed by atoms with van der Waals surface area (Å²) in [7, 11) is 0. The zero-order chi connectivity index (χ0) is 16.9. The second-order valence-corrected chi connectivity index (χ2v) is 7.37. The number of hydrogen-bond donors (Lipinski definition) is 1. The third-order valence-corrected chi connectivity index (χ3v) is 4.85. The van der Waals surface area contributed by atoms with Gasteiger partial charge in [-0.15, -0.1) is 0 Å². The SMILES string of the molecule is CC1(C)CN(Cc2nc3ccc(Cl)cc3c(=O)[nH]2)c2ccccc21. The normalized spacial score (nSPS) is 15.7. The van der Waals surface area contributed by atoms with E-state index in [4.69, 9.17) is 11.6 Å². The summed E-state index contributed by atoms with van der Waals surface area (Å²) in [5, 5.41) is 1.06. The Hall–Kier alpha value is -2.33. The summed E-state index contributed by atoms with van der Waals surface area (Å²) in [6.07, 6.45) is 0. The summed E-state index contributed by atoms with van der Waals surface area (Å²) in [5.74, 6) is 0.669. The lowest BCUT2D eigenvalue weighted by Gasteiger charge is -2.22. The number of nitrogens with zero attached hydrogens (tertiary/aromatic N) is 2. The van der Waals surface area contributed by atoms with E-state index in [2.05, 4.69) is 46.9 Å². The molecule has 24 heavy (non-hydrogen) atoms. The van der Waals surface area contributed by atoms with Crippen LogP contribution in [-0.2, 0) is 12.0 Å². The molecule has 0 saturated carbocycles. The van der Waals surface area contributed by atoms with Gasteiger partial charge in [-0.05, 0) is 29.8 Å². The van der Waals surface area contributed by atoms with Crippen molar-refractivity contribution in [3.63, 3.8) is 0 Å². The van der Waals surface area contributed by atoms with Crippen LogP contribution in [0.3, 0.4) is 0 Å². The third kappa shape index (κ3) is 2.47. The van der Waals surface area contributed by atoms with Crippen molar-refractivity contribution in [2.45, 2.75) is 25.8 Å². The molecule has 0 bridgehead atoms. The fraction of sp³-hybridized carbons (Fsp3) is 0.263. The first-order chi connectivity index (χ1) is 11.4. The summed E-state index contributed by atoms with van der Waals surface area (Å²) < 4.78 is 0. The number of hydrogen-bond acceptors (Lipinski definition) is 3. The molecule has 1 aromatic heterocycles. The van der Waals surface area contributed by atoms with Crippen molar-refractivity contribution < 1.29 is 0 Å². The highest BCUT2D eigenvalue weighted by Crippen LogP contribution is 2.40. The van der Waals surface area contributed by atoms with Crippen molar-refractivity contribution >= 4 is 28.2 Å². The van der Waals surface area contributed by atoms with Gasteiger partial charge < -0.3 is 9.88 Å². The maximum absolute atomic E-state index is 12.3. The third-order valence-electron chi connectivity index (χ3n) is 4.62. The Kier molecular flexibility index (Phi) is 3.39. The monoisotopic (exact) mass is 339 g/mol. The smallest absolute Gasteiger partial charge is 0.258 e. The Morgan fingerprint density at radius 3 is 2.88 bits per heavy atom.